The summed E-state index contributed by atoms with van der Waals surface area (Å²) in [5.74, 6) is 0.686. The highest BCUT2D eigenvalue weighted by atomic mass is 32.2. The van der Waals surface area contributed by atoms with Crippen molar-refractivity contribution in [2.24, 2.45) is 5.92 Å². The van der Waals surface area contributed by atoms with E-state index in [0.717, 1.165) is 29.8 Å². The Labute approximate surface area is 239 Å². The number of amides is 2. The van der Waals surface area contributed by atoms with Gasteiger partial charge in [0, 0.05) is 36.4 Å². The van der Waals surface area contributed by atoms with Crippen molar-refractivity contribution in [2.75, 3.05) is 25.3 Å². The molecule has 4 rings (SSSR count). The molecule has 2 heterocycles. The van der Waals surface area contributed by atoms with E-state index in [1.807, 2.05) is 32.0 Å². The Bertz CT molecular complexity index is 1330. The summed E-state index contributed by atoms with van der Waals surface area (Å²) in [7, 11) is 3.11. The molecule has 210 valence electrons. The second-order valence-corrected chi connectivity index (χ2v) is 10.6. The van der Waals surface area contributed by atoms with Crippen LogP contribution in [0.25, 0.3) is 0 Å². The van der Waals surface area contributed by atoms with Crippen LogP contribution in [0.3, 0.4) is 0 Å². The summed E-state index contributed by atoms with van der Waals surface area (Å²) in [4.78, 5) is 42.8. The van der Waals surface area contributed by atoms with Gasteiger partial charge in [0.25, 0.3) is 0 Å². The predicted molar refractivity (Wildman–Crippen MR) is 155 cm³/mol. The minimum atomic E-state index is -0.717. The first-order valence-electron chi connectivity index (χ1n) is 13.2. The van der Waals surface area contributed by atoms with Crippen LogP contribution in [0.15, 0.2) is 66.1 Å². The number of anilines is 1. The first-order valence-corrected chi connectivity index (χ1v) is 14.2. The molecule has 0 unspecified atom stereocenters. The molecular formula is C30H35N5O4S. The maximum atomic E-state index is 14.1. The third-order valence-electron chi connectivity index (χ3n) is 6.71. The summed E-state index contributed by atoms with van der Waals surface area (Å²) < 4.78 is 10.8. The van der Waals surface area contributed by atoms with Gasteiger partial charge in [-0.15, -0.1) is 0 Å². The first kappa shape index (κ1) is 29.1. The zero-order valence-electron chi connectivity index (χ0n) is 23.3. The number of aryl methyl sites for hydroxylation is 2. The van der Waals surface area contributed by atoms with E-state index in [9.17, 15) is 9.59 Å². The predicted octanol–water partition coefficient (Wildman–Crippen LogP) is 4.99. The number of carbonyl (C=O) groups is 2. The molecule has 0 saturated heterocycles. The Balaban J connectivity index is 1.66. The van der Waals surface area contributed by atoms with E-state index < -0.39 is 6.04 Å². The summed E-state index contributed by atoms with van der Waals surface area (Å²) in [6, 6.07) is 10.1. The van der Waals surface area contributed by atoms with Crippen molar-refractivity contribution in [3.8, 4) is 11.5 Å². The topological polar surface area (TPSA) is 107 Å². The molecule has 0 radical (unpaired) electrons. The van der Waals surface area contributed by atoms with E-state index in [4.69, 9.17) is 9.47 Å². The van der Waals surface area contributed by atoms with Gasteiger partial charge >= 0.3 is 0 Å². The number of hydrogen-bond donors (Lipinski definition) is 1. The van der Waals surface area contributed by atoms with Crippen molar-refractivity contribution >= 4 is 29.3 Å². The number of methoxy groups -OCH3 is 2. The van der Waals surface area contributed by atoms with Crippen LogP contribution in [0.4, 0.5) is 5.69 Å². The molecule has 1 aromatic carbocycles. The summed E-state index contributed by atoms with van der Waals surface area (Å²) in [5, 5.41) is 3.57. The minimum absolute atomic E-state index is 0.0580. The molecule has 2 amide bonds. The smallest absolute Gasteiger partial charge is 0.247 e. The molecule has 2 atom stereocenters. The van der Waals surface area contributed by atoms with E-state index in [2.05, 4.69) is 32.4 Å². The molecule has 0 saturated carbocycles. The highest BCUT2D eigenvalue weighted by molar-refractivity contribution is 7.99. The molecule has 0 aliphatic heterocycles. The largest absolute Gasteiger partial charge is 0.497 e. The number of hydrogen-bond acceptors (Lipinski definition) is 8. The fourth-order valence-corrected chi connectivity index (χ4v) is 5.66. The van der Waals surface area contributed by atoms with Crippen LogP contribution in [0, 0.1) is 19.8 Å². The SMILES string of the molecule is COc1ccc(NC(=O)[C@H]([C@H]2CC=CCC2)N(Cc2cccnc2)C(=O)CSc2nc(C)cc(C)n2)c(OC)c1. The quantitative estimate of drug-likeness (QED) is 0.198. The van der Waals surface area contributed by atoms with Crippen LogP contribution in [0.5, 0.6) is 11.5 Å². The zero-order chi connectivity index (χ0) is 28.5. The first-order chi connectivity index (χ1) is 19.4. The van der Waals surface area contributed by atoms with Crippen LogP contribution < -0.4 is 14.8 Å². The Hall–Kier alpha value is -3.92. The molecule has 1 N–H and O–H groups in total. The van der Waals surface area contributed by atoms with Crippen molar-refractivity contribution in [3.05, 3.63) is 77.9 Å². The minimum Gasteiger partial charge on any atom is -0.497 e. The number of carbonyl (C=O) groups excluding carboxylic acids is 2. The average molecular weight is 562 g/mol. The Morgan fingerprint density at radius 1 is 1.10 bits per heavy atom. The van der Waals surface area contributed by atoms with Gasteiger partial charge in [0.2, 0.25) is 11.8 Å². The molecule has 1 aliphatic carbocycles. The van der Waals surface area contributed by atoms with Crippen molar-refractivity contribution < 1.29 is 19.1 Å². The third-order valence-corrected chi connectivity index (χ3v) is 7.54. The van der Waals surface area contributed by atoms with Gasteiger partial charge in [-0.25, -0.2) is 9.97 Å². The van der Waals surface area contributed by atoms with Crippen LogP contribution in [-0.2, 0) is 16.1 Å². The molecule has 0 spiro atoms. The van der Waals surface area contributed by atoms with Gasteiger partial charge in [-0.05, 0) is 68.9 Å². The number of ether oxygens (including phenoxy) is 2. The third kappa shape index (κ3) is 7.59. The Morgan fingerprint density at radius 2 is 1.90 bits per heavy atom. The zero-order valence-corrected chi connectivity index (χ0v) is 24.1. The number of rotatable bonds is 11. The molecule has 9 nitrogen and oxygen atoms in total. The second kappa shape index (κ2) is 13.9. The van der Waals surface area contributed by atoms with Gasteiger partial charge < -0.3 is 19.7 Å². The molecule has 40 heavy (non-hydrogen) atoms. The fourth-order valence-electron chi connectivity index (χ4n) is 4.82. The molecule has 1 aliphatic rings. The van der Waals surface area contributed by atoms with E-state index in [-0.39, 0.29) is 30.0 Å². The number of allylic oxidation sites excluding steroid dienone is 2. The van der Waals surface area contributed by atoms with Crippen molar-refractivity contribution in [1.82, 2.24) is 19.9 Å². The van der Waals surface area contributed by atoms with Crippen molar-refractivity contribution in [3.63, 3.8) is 0 Å². The van der Waals surface area contributed by atoms with Crippen molar-refractivity contribution in [1.29, 1.82) is 0 Å². The van der Waals surface area contributed by atoms with E-state index in [1.54, 1.807) is 49.7 Å². The van der Waals surface area contributed by atoms with Crippen LogP contribution in [0.1, 0.15) is 36.2 Å². The van der Waals surface area contributed by atoms with Crippen molar-refractivity contribution in [2.45, 2.75) is 50.9 Å². The summed E-state index contributed by atoms with van der Waals surface area (Å²) in [5.41, 5.74) is 3.04. The van der Waals surface area contributed by atoms with E-state index >= 15 is 0 Å². The van der Waals surface area contributed by atoms with Gasteiger partial charge in [0.05, 0.1) is 25.7 Å². The van der Waals surface area contributed by atoms with Crippen LogP contribution in [0.2, 0.25) is 0 Å². The van der Waals surface area contributed by atoms with Crippen LogP contribution in [-0.4, -0.2) is 57.7 Å². The lowest BCUT2D eigenvalue weighted by molar-refractivity contribution is -0.139. The maximum Gasteiger partial charge on any atom is 0.247 e. The van der Waals surface area contributed by atoms with Gasteiger partial charge in [0.1, 0.15) is 17.5 Å². The van der Waals surface area contributed by atoms with Gasteiger partial charge in [0.15, 0.2) is 5.16 Å². The monoisotopic (exact) mass is 561 g/mol. The number of nitrogens with one attached hydrogen (secondary N) is 1. The molecule has 3 aromatic rings. The maximum absolute atomic E-state index is 14.1. The number of aromatic nitrogens is 3. The fraction of sp³-hybridized carbons (Fsp3) is 0.367. The molecule has 0 fully saturated rings. The summed E-state index contributed by atoms with van der Waals surface area (Å²) in [6.07, 6.45) is 9.96. The number of benzene rings is 1. The average Bonchev–Trinajstić information content (AvgIpc) is 2.96. The molecule has 0 bridgehead atoms. The molecule has 2 aromatic heterocycles. The van der Waals surface area contributed by atoms with Gasteiger partial charge in [-0.2, -0.15) is 0 Å². The Morgan fingerprint density at radius 3 is 2.55 bits per heavy atom. The van der Waals surface area contributed by atoms with Gasteiger partial charge in [-0.1, -0.05) is 30.0 Å². The lowest BCUT2D eigenvalue weighted by Gasteiger charge is -2.37. The standard InChI is InChI=1S/C30H35N5O4S/c1-20-15-21(2)33-30(32-20)40-19-27(36)35(18-22-9-8-14-31-17-22)28(23-10-6-5-7-11-23)29(37)34-25-13-12-24(38-3)16-26(25)39-4/h5-6,8-9,12-17,23,28H,7,10-11,18-19H2,1-4H3,(H,34,37)/t23-,28-/m0/s1. The van der Waals surface area contributed by atoms with E-state index in [0.29, 0.717) is 28.8 Å². The number of thioether (sulfide) groups is 1. The summed E-state index contributed by atoms with van der Waals surface area (Å²) in [6.45, 7) is 4.05. The van der Waals surface area contributed by atoms with Crippen LogP contribution >= 0.6 is 11.8 Å². The molecule has 10 heteroatoms. The highest BCUT2D eigenvalue weighted by Gasteiger charge is 2.37. The highest BCUT2D eigenvalue weighted by Crippen LogP contribution is 2.32. The second-order valence-electron chi connectivity index (χ2n) is 9.65. The molecular weight excluding hydrogens is 526 g/mol. The lowest BCUT2D eigenvalue weighted by atomic mass is 9.86. The lowest BCUT2D eigenvalue weighted by Crippen LogP contribution is -2.52. The normalized spacial score (nSPS) is 15.2. The summed E-state index contributed by atoms with van der Waals surface area (Å²) >= 11 is 1.28. The Kier molecular flexibility index (Phi) is 10.1. The van der Waals surface area contributed by atoms with E-state index in [1.165, 1.54) is 11.8 Å². The number of nitrogens with zero attached hydrogens (tertiary/aromatic N) is 4. The van der Waals surface area contributed by atoms with Gasteiger partial charge in [-0.3, -0.25) is 14.6 Å². The number of pyridine rings is 1.